The molecule has 8 nitrogen and oxygen atoms in total. The monoisotopic (exact) mass is 474 g/mol. The number of hydrogen-bond donors (Lipinski definition) is 1. The fourth-order valence-electron chi connectivity index (χ4n) is 4.69. The lowest BCUT2D eigenvalue weighted by molar-refractivity contribution is 0.0303. The highest BCUT2D eigenvalue weighted by atomic mass is 16.5. The lowest BCUT2D eigenvalue weighted by Crippen LogP contribution is -2.47. The zero-order valence-electron chi connectivity index (χ0n) is 19.9. The SMILES string of the molecule is Cc1ccccc1N1CCN(c2ccc(C(=O)N3CCOCC3)cc2NC(=O)c2ccco2)CC1. The molecular weight excluding hydrogens is 444 g/mol. The minimum Gasteiger partial charge on any atom is -0.459 e. The molecule has 0 aliphatic carbocycles. The van der Waals surface area contributed by atoms with E-state index in [1.165, 1.54) is 17.5 Å². The average Bonchev–Trinajstić information content (AvgIpc) is 3.45. The number of piperazine rings is 1. The lowest BCUT2D eigenvalue weighted by atomic mass is 10.1. The number of benzene rings is 2. The molecule has 1 N–H and O–H groups in total. The van der Waals surface area contributed by atoms with Gasteiger partial charge in [0.25, 0.3) is 11.8 Å². The number of amides is 2. The van der Waals surface area contributed by atoms with E-state index in [1.54, 1.807) is 23.1 Å². The zero-order valence-corrected chi connectivity index (χ0v) is 19.9. The summed E-state index contributed by atoms with van der Waals surface area (Å²) in [5, 5.41) is 2.98. The minimum absolute atomic E-state index is 0.0577. The Kier molecular flexibility index (Phi) is 6.72. The summed E-state index contributed by atoms with van der Waals surface area (Å²) in [6.45, 7) is 7.67. The Morgan fingerprint density at radius 1 is 0.829 bits per heavy atom. The van der Waals surface area contributed by atoms with Gasteiger partial charge >= 0.3 is 0 Å². The molecule has 2 aromatic carbocycles. The summed E-state index contributed by atoms with van der Waals surface area (Å²) in [6.07, 6.45) is 1.47. The average molecular weight is 475 g/mol. The van der Waals surface area contributed by atoms with Crippen molar-refractivity contribution in [3.05, 3.63) is 77.7 Å². The van der Waals surface area contributed by atoms with E-state index >= 15 is 0 Å². The van der Waals surface area contributed by atoms with Crippen molar-refractivity contribution in [2.75, 3.05) is 67.6 Å². The van der Waals surface area contributed by atoms with E-state index < -0.39 is 0 Å². The number of ether oxygens (including phenoxy) is 1. The highest BCUT2D eigenvalue weighted by Gasteiger charge is 2.24. The summed E-state index contributed by atoms with van der Waals surface area (Å²) in [5.41, 5.74) is 4.56. The Morgan fingerprint density at radius 3 is 2.23 bits per heavy atom. The number of para-hydroxylation sites is 1. The van der Waals surface area contributed by atoms with Crippen molar-refractivity contribution in [3.8, 4) is 0 Å². The Morgan fingerprint density at radius 2 is 1.54 bits per heavy atom. The number of furan rings is 1. The predicted molar refractivity (Wildman–Crippen MR) is 135 cm³/mol. The fourth-order valence-corrected chi connectivity index (χ4v) is 4.69. The number of anilines is 3. The second-order valence-electron chi connectivity index (χ2n) is 8.83. The van der Waals surface area contributed by atoms with Gasteiger partial charge in [-0.3, -0.25) is 9.59 Å². The minimum atomic E-state index is -0.342. The number of carbonyl (C=O) groups excluding carboxylic acids is 2. The highest BCUT2D eigenvalue weighted by Crippen LogP contribution is 2.31. The van der Waals surface area contributed by atoms with Crippen molar-refractivity contribution in [1.82, 2.24) is 4.90 Å². The molecule has 0 spiro atoms. The maximum Gasteiger partial charge on any atom is 0.291 e. The molecule has 5 rings (SSSR count). The molecule has 2 aliphatic heterocycles. The first-order valence-corrected chi connectivity index (χ1v) is 12.0. The van der Waals surface area contributed by atoms with Crippen molar-refractivity contribution in [3.63, 3.8) is 0 Å². The van der Waals surface area contributed by atoms with E-state index in [-0.39, 0.29) is 17.6 Å². The summed E-state index contributed by atoms with van der Waals surface area (Å²) in [7, 11) is 0. The van der Waals surface area contributed by atoms with Crippen LogP contribution in [0.2, 0.25) is 0 Å². The first-order valence-electron chi connectivity index (χ1n) is 12.0. The number of aryl methyl sites for hydroxylation is 1. The topological polar surface area (TPSA) is 78.3 Å². The van der Waals surface area contributed by atoms with Crippen LogP contribution in [0.4, 0.5) is 17.1 Å². The van der Waals surface area contributed by atoms with E-state index in [1.807, 2.05) is 12.1 Å². The molecule has 3 heterocycles. The second kappa shape index (κ2) is 10.2. The third-order valence-corrected chi connectivity index (χ3v) is 6.61. The van der Waals surface area contributed by atoms with Crippen LogP contribution in [-0.4, -0.2) is 69.2 Å². The smallest absolute Gasteiger partial charge is 0.291 e. The molecule has 2 amide bonds. The molecule has 0 radical (unpaired) electrons. The van der Waals surface area contributed by atoms with Gasteiger partial charge in [0, 0.05) is 50.5 Å². The maximum absolute atomic E-state index is 13.1. The normalized spacial score (nSPS) is 16.3. The number of nitrogens with one attached hydrogen (secondary N) is 1. The van der Waals surface area contributed by atoms with E-state index in [0.717, 1.165) is 31.9 Å². The first kappa shape index (κ1) is 23.0. The van der Waals surface area contributed by atoms with Crippen LogP contribution in [0.1, 0.15) is 26.5 Å². The van der Waals surface area contributed by atoms with Gasteiger partial charge in [-0.15, -0.1) is 0 Å². The second-order valence-corrected chi connectivity index (χ2v) is 8.83. The Balaban J connectivity index is 1.38. The van der Waals surface area contributed by atoms with Crippen LogP contribution >= 0.6 is 0 Å². The molecule has 0 atom stereocenters. The van der Waals surface area contributed by atoms with E-state index in [0.29, 0.717) is 37.6 Å². The van der Waals surface area contributed by atoms with E-state index in [2.05, 4.69) is 46.3 Å². The van der Waals surface area contributed by atoms with Crippen LogP contribution in [0.15, 0.2) is 65.3 Å². The number of nitrogens with zero attached hydrogens (tertiary/aromatic N) is 3. The Labute approximate surface area is 205 Å². The third-order valence-electron chi connectivity index (χ3n) is 6.61. The van der Waals surface area contributed by atoms with Gasteiger partial charge in [-0.2, -0.15) is 0 Å². The molecule has 0 unspecified atom stereocenters. The van der Waals surface area contributed by atoms with Crippen LogP contribution in [0.3, 0.4) is 0 Å². The van der Waals surface area contributed by atoms with Gasteiger partial charge in [-0.05, 0) is 48.9 Å². The lowest BCUT2D eigenvalue weighted by Gasteiger charge is -2.38. The molecule has 0 bridgehead atoms. The van der Waals surface area contributed by atoms with Crippen molar-refractivity contribution in [1.29, 1.82) is 0 Å². The zero-order chi connectivity index (χ0) is 24.2. The number of hydrogen-bond acceptors (Lipinski definition) is 6. The van der Waals surface area contributed by atoms with Crippen molar-refractivity contribution < 1.29 is 18.7 Å². The molecule has 3 aromatic rings. The Bertz CT molecular complexity index is 1180. The molecule has 2 saturated heterocycles. The highest BCUT2D eigenvalue weighted by molar-refractivity contribution is 6.05. The summed E-state index contributed by atoms with van der Waals surface area (Å²) in [6, 6.07) is 17.3. The van der Waals surface area contributed by atoms with Gasteiger partial charge in [0.05, 0.1) is 30.9 Å². The Hall–Kier alpha value is -3.78. The van der Waals surface area contributed by atoms with Crippen LogP contribution in [0, 0.1) is 6.92 Å². The van der Waals surface area contributed by atoms with E-state index in [4.69, 9.17) is 9.15 Å². The fraction of sp³-hybridized carbons (Fsp3) is 0.333. The quantitative estimate of drug-likeness (QED) is 0.608. The molecular formula is C27H30N4O4. The van der Waals surface area contributed by atoms with Gasteiger partial charge in [0.1, 0.15) is 0 Å². The number of carbonyl (C=O) groups is 2. The van der Waals surface area contributed by atoms with Crippen LogP contribution in [0.5, 0.6) is 0 Å². The largest absolute Gasteiger partial charge is 0.459 e. The standard InChI is InChI=1S/C27H30N4O4/c1-20-5-2-3-6-23(20)29-10-12-30(13-11-29)24-9-8-21(27(33)31-14-17-34-18-15-31)19-22(24)28-26(32)25-7-4-16-35-25/h2-9,16,19H,10-15,17-18H2,1H3,(H,28,32). The number of rotatable bonds is 5. The van der Waals surface area contributed by atoms with Crippen molar-refractivity contribution >= 4 is 28.9 Å². The molecule has 0 saturated carbocycles. The first-order chi connectivity index (χ1) is 17.1. The predicted octanol–water partition coefficient (Wildman–Crippen LogP) is 3.64. The van der Waals surface area contributed by atoms with Gasteiger partial charge in [-0.25, -0.2) is 0 Å². The molecule has 2 fully saturated rings. The van der Waals surface area contributed by atoms with Crippen LogP contribution in [-0.2, 0) is 4.74 Å². The van der Waals surface area contributed by atoms with Gasteiger partial charge in [0.2, 0.25) is 0 Å². The molecule has 2 aliphatic rings. The van der Waals surface area contributed by atoms with Crippen LogP contribution in [0.25, 0.3) is 0 Å². The van der Waals surface area contributed by atoms with Crippen molar-refractivity contribution in [2.24, 2.45) is 0 Å². The summed E-state index contributed by atoms with van der Waals surface area (Å²) >= 11 is 0. The van der Waals surface area contributed by atoms with E-state index in [9.17, 15) is 9.59 Å². The van der Waals surface area contributed by atoms with Crippen LogP contribution < -0.4 is 15.1 Å². The number of morpholine rings is 1. The van der Waals surface area contributed by atoms with Gasteiger partial charge < -0.3 is 29.2 Å². The molecule has 35 heavy (non-hydrogen) atoms. The maximum atomic E-state index is 13.1. The molecule has 8 heteroatoms. The van der Waals surface area contributed by atoms with Gasteiger partial charge in [-0.1, -0.05) is 18.2 Å². The summed E-state index contributed by atoms with van der Waals surface area (Å²) in [4.78, 5) is 32.4. The third kappa shape index (κ3) is 5.02. The molecule has 182 valence electrons. The summed E-state index contributed by atoms with van der Waals surface area (Å²) < 4.78 is 10.7. The molecule has 1 aromatic heterocycles. The van der Waals surface area contributed by atoms with Gasteiger partial charge in [0.15, 0.2) is 5.76 Å². The summed E-state index contributed by atoms with van der Waals surface area (Å²) in [5.74, 6) is -0.172. The van der Waals surface area contributed by atoms with Crippen molar-refractivity contribution in [2.45, 2.75) is 6.92 Å².